The fourth-order valence-electron chi connectivity index (χ4n) is 2.51. The van der Waals surface area contributed by atoms with Gasteiger partial charge in [-0.2, -0.15) is 0 Å². The molecule has 0 unspecified atom stereocenters. The van der Waals surface area contributed by atoms with Crippen molar-refractivity contribution in [3.63, 3.8) is 0 Å². The minimum atomic E-state index is -1.13. The molecule has 1 fully saturated rings. The lowest BCUT2D eigenvalue weighted by molar-refractivity contribution is -0.0533. The van der Waals surface area contributed by atoms with E-state index in [1.165, 1.54) is 0 Å². The smallest absolute Gasteiger partial charge is 0.163 e. The Bertz CT molecular complexity index is 686. The van der Waals surface area contributed by atoms with Crippen LogP contribution in [0.15, 0.2) is 36.5 Å². The summed E-state index contributed by atoms with van der Waals surface area (Å²) in [5.41, 5.74) is 0. The van der Waals surface area contributed by atoms with Crippen molar-refractivity contribution in [2.75, 3.05) is 6.61 Å². The molecular weight excluding hydrogens is 278 g/mol. The van der Waals surface area contributed by atoms with Crippen molar-refractivity contribution in [2.45, 2.75) is 24.5 Å². The molecule has 5 nitrogen and oxygen atoms in total. The first-order chi connectivity index (χ1) is 9.63. The van der Waals surface area contributed by atoms with E-state index < -0.39 is 24.5 Å². The van der Waals surface area contributed by atoms with Gasteiger partial charge in [-0.1, -0.05) is 36.5 Å². The highest BCUT2D eigenvalue weighted by Crippen LogP contribution is 2.30. The summed E-state index contributed by atoms with van der Waals surface area (Å²) in [6.45, 7) is -0.352. The molecule has 20 heavy (non-hydrogen) atoms. The van der Waals surface area contributed by atoms with Crippen molar-refractivity contribution >= 4 is 23.0 Å². The van der Waals surface area contributed by atoms with E-state index in [0.29, 0.717) is 4.64 Å². The molecule has 0 saturated carbocycles. The quantitative estimate of drug-likeness (QED) is 0.720. The first-order valence-corrected chi connectivity index (χ1v) is 6.76. The van der Waals surface area contributed by atoms with Crippen molar-refractivity contribution in [3.05, 3.63) is 41.2 Å². The Morgan fingerprint density at radius 3 is 2.60 bits per heavy atom. The van der Waals surface area contributed by atoms with Crippen LogP contribution in [0.1, 0.15) is 6.23 Å². The molecule has 0 spiro atoms. The summed E-state index contributed by atoms with van der Waals surface area (Å²) in [6.07, 6.45) is -2.12. The number of ether oxygens (including phenoxy) is 1. The summed E-state index contributed by atoms with van der Waals surface area (Å²) >= 11 is 5.42. The number of benzene rings is 1. The third kappa shape index (κ3) is 2.06. The van der Waals surface area contributed by atoms with Crippen molar-refractivity contribution in [1.82, 2.24) is 4.57 Å². The molecule has 1 aliphatic heterocycles. The largest absolute Gasteiger partial charge is 0.394 e. The van der Waals surface area contributed by atoms with Crippen LogP contribution in [0.25, 0.3) is 10.8 Å². The van der Waals surface area contributed by atoms with Gasteiger partial charge in [-0.25, -0.2) is 0 Å². The lowest BCUT2D eigenvalue weighted by Crippen LogP contribution is -2.33. The van der Waals surface area contributed by atoms with Crippen LogP contribution < -0.4 is 0 Å². The van der Waals surface area contributed by atoms with Gasteiger partial charge in [-0.15, -0.1) is 0 Å². The molecular formula is C14H15NO4S. The van der Waals surface area contributed by atoms with Crippen LogP contribution in [-0.2, 0) is 4.74 Å². The van der Waals surface area contributed by atoms with E-state index in [0.717, 1.165) is 10.8 Å². The average Bonchev–Trinajstić information content (AvgIpc) is 2.76. The first kappa shape index (κ1) is 13.7. The number of nitrogens with zero attached hydrogens (tertiary/aromatic N) is 1. The number of aliphatic hydroxyl groups is 3. The van der Waals surface area contributed by atoms with E-state index in [4.69, 9.17) is 22.1 Å². The molecule has 1 aromatic heterocycles. The van der Waals surface area contributed by atoms with Crippen molar-refractivity contribution in [2.24, 2.45) is 0 Å². The Morgan fingerprint density at radius 2 is 1.90 bits per heavy atom. The van der Waals surface area contributed by atoms with Gasteiger partial charge in [0.2, 0.25) is 0 Å². The Balaban J connectivity index is 2.07. The van der Waals surface area contributed by atoms with Crippen molar-refractivity contribution in [1.29, 1.82) is 0 Å². The molecule has 1 saturated heterocycles. The third-order valence-corrected chi connectivity index (χ3v) is 4.06. The number of hydrogen-bond donors (Lipinski definition) is 3. The van der Waals surface area contributed by atoms with Crippen LogP contribution in [0.3, 0.4) is 0 Å². The predicted molar refractivity (Wildman–Crippen MR) is 75.8 cm³/mol. The SMILES string of the molecule is OC[C@H]1O[C@@H](n2ccc3ccccc3c2=S)[C@H](O)[C@@H]1O. The molecule has 0 radical (unpaired) electrons. The van der Waals surface area contributed by atoms with Gasteiger partial charge in [0.05, 0.1) is 6.61 Å². The zero-order valence-corrected chi connectivity index (χ0v) is 11.4. The maximum Gasteiger partial charge on any atom is 0.163 e. The van der Waals surface area contributed by atoms with Gasteiger partial charge in [0.15, 0.2) is 6.23 Å². The molecule has 1 aliphatic rings. The second-order valence-corrected chi connectivity index (χ2v) is 5.23. The summed E-state index contributed by atoms with van der Waals surface area (Å²) in [6, 6.07) is 9.54. The number of fused-ring (bicyclic) bond motifs is 1. The Kier molecular flexibility index (Phi) is 3.57. The maximum absolute atomic E-state index is 10.1. The van der Waals surface area contributed by atoms with Gasteiger partial charge in [0.25, 0.3) is 0 Å². The monoisotopic (exact) mass is 293 g/mol. The number of rotatable bonds is 2. The van der Waals surface area contributed by atoms with Gasteiger partial charge < -0.3 is 24.6 Å². The Hall–Kier alpha value is -1.31. The summed E-state index contributed by atoms with van der Waals surface area (Å²) in [4.78, 5) is 0. The molecule has 4 atom stereocenters. The lowest BCUT2D eigenvalue weighted by Gasteiger charge is -2.19. The lowest BCUT2D eigenvalue weighted by atomic mass is 10.1. The minimum Gasteiger partial charge on any atom is -0.394 e. The average molecular weight is 293 g/mol. The molecule has 0 aliphatic carbocycles. The molecule has 0 bridgehead atoms. The normalized spacial score (nSPS) is 29.9. The van der Waals surface area contributed by atoms with E-state index in [9.17, 15) is 10.2 Å². The van der Waals surface area contributed by atoms with Crippen LogP contribution in [0, 0.1) is 4.64 Å². The standard InChI is InChI=1S/C14H15NO4S/c16-7-10-11(17)12(18)13(19-10)15-6-5-8-3-1-2-4-9(8)14(15)20/h1-6,10-13,16-18H,7H2/t10-,11-,12-,13-/m1/s1. The van der Waals surface area contributed by atoms with E-state index in [1.54, 1.807) is 10.8 Å². The molecule has 0 amide bonds. The zero-order valence-electron chi connectivity index (χ0n) is 10.6. The highest BCUT2D eigenvalue weighted by atomic mass is 32.1. The predicted octanol–water partition coefficient (Wildman–Crippen LogP) is 0.982. The fraction of sp³-hybridized carbons (Fsp3) is 0.357. The first-order valence-electron chi connectivity index (χ1n) is 6.36. The van der Waals surface area contributed by atoms with Crippen LogP contribution in [0.4, 0.5) is 0 Å². The van der Waals surface area contributed by atoms with Crippen LogP contribution in [0.5, 0.6) is 0 Å². The molecule has 2 heterocycles. The fourth-order valence-corrected chi connectivity index (χ4v) is 2.87. The Labute approximate surface area is 120 Å². The zero-order chi connectivity index (χ0) is 14.3. The van der Waals surface area contributed by atoms with Crippen molar-refractivity contribution < 1.29 is 20.1 Å². The molecule has 3 N–H and O–H groups in total. The summed E-state index contributed by atoms with van der Waals surface area (Å²) in [7, 11) is 0. The van der Waals surface area contributed by atoms with E-state index >= 15 is 0 Å². The third-order valence-electron chi connectivity index (χ3n) is 3.63. The second-order valence-electron chi connectivity index (χ2n) is 4.84. The Morgan fingerprint density at radius 1 is 1.15 bits per heavy atom. The van der Waals surface area contributed by atoms with E-state index in [-0.39, 0.29) is 6.61 Å². The van der Waals surface area contributed by atoms with Crippen molar-refractivity contribution in [3.8, 4) is 0 Å². The van der Waals surface area contributed by atoms with Gasteiger partial charge in [-0.3, -0.25) is 0 Å². The summed E-state index contributed by atoms with van der Waals surface area (Å²) < 4.78 is 7.64. The number of hydrogen-bond acceptors (Lipinski definition) is 5. The number of aromatic nitrogens is 1. The van der Waals surface area contributed by atoms with Crippen LogP contribution in [0.2, 0.25) is 0 Å². The van der Waals surface area contributed by atoms with Crippen LogP contribution in [-0.4, -0.2) is 44.8 Å². The highest BCUT2D eigenvalue weighted by Gasteiger charge is 2.43. The van der Waals surface area contributed by atoms with E-state index in [2.05, 4.69) is 0 Å². The minimum absolute atomic E-state index is 0.352. The molecule has 3 rings (SSSR count). The van der Waals surface area contributed by atoms with Gasteiger partial charge >= 0.3 is 0 Å². The molecule has 106 valence electrons. The molecule has 2 aromatic rings. The summed E-state index contributed by atoms with van der Waals surface area (Å²) in [5, 5.41) is 30.9. The molecule has 6 heteroatoms. The number of aliphatic hydroxyl groups excluding tert-OH is 3. The van der Waals surface area contributed by atoms with Gasteiger partial charge in [0, 0.05) is 11.6 Å². The second kappa shape index (κ2) is 5.23. The van der Waals surface area contributed by atoms with Gasteiger partial charge in [-0.05, 0) is 11.5 Å². The van der Waals surface area contributed by atoms with Crippen LogP contribution >= 0.6 is 12.2 Å². The maximum atomic E-state index is 10.1. The molecule has 1 aromatic carbocycles. The van der Waals surface area contributed by atoms with E-state index in [1.807, 2.05) is 30.3 Å². The number of pyridine rings is 1. The highest BCUT2D eigenvalue weighted by molar-refractivity contribution is 7.71. The van der Waals surface area contributed by atoms with Gasteiger partial charge in [0.1, 0.15) is 23.0 Å². The summed E-state index contributed by atoms with van der Waals surface area (Å²) in [5.74, 6) is 0. The topological polar surface area (TPSA) is 74.9 Å².